The minimum atomic E-state index is -3.43. The van der Waals surface area contributed by atoms with E-state index in [4.69, 9.17) is 17.3 Å². The quantitative estimate of drug-likeness (QED) is 0.629. The normalized spacial score (nSPS) is 12.3. The smallest absolute Gasteiger partial charge is 0.318 e. The first-order valence-corrected chi connectivity index (χ1v) is 7.99. The maximum absolute atomic E-state index is 11.5. The predicted octanol–water partition coefficient (Wildman–Crippen LogP) is 0.707. The van der Waals surface area contributed by atoms with E-state index in [2.05, 4.69) is 10.0 Å². The van der Waals surface area contributed by atoms with Gasteiger partial charge in [-0.25, -0.2) is 13.2 Å². The summed E-state index contributed by atoms with van der Waals surface area (Å²) in [5.74, 6) is -0.600. The second kappa shape index (κ2) is 6.64. The van der Waals surface area contributed by atoms with Crippen LogP contribution in [0.1, 0.15) is 6.92 Å². The molecule has 1 aromatic carbocycles. The van der Waals surface area contributed by atoms with E-state index in [0.29, 0.717) is 5.69 Å². The van der Waals surface area contributed by atoms with Gasteiger partial charge in [-0.3, -0.25) is 14.8 Å². The zero-order chi connectivity index (χ0) is 16.2. The Morgan fingerprint density at radius 2 is 1.95 bits per heavy atom. The number of halogens is 1. The molecule has 1 rings (SSSR count). The van der Waals surface area contributed by atoms with Crippen LogP contribution in [-0.2, 0) is 14.8 Å². The highest BCUT2D eigenvalue weighted by Gasteiger charge is 2.15. The fourth-order valence-electron chi connectivity index (χ4n) is 1.43. The summed E-state index contributed by atoms with van der Waals surface area (Å²) in [5, 5.41) is 4.89. The van der Waals surface area contributed by atoms with E-state index in [0.717, 1.165) is 6.26 Å². The maximum atomic E-state index is 11.5. The van der Waals surface area contributed by atoms with Gasteiger partial charge in [0.15, 0.2) is 0 Å². The first kappa shape index (κ1) is 17.1. The number of primary amides is 1. The molecule has 0 saturated carbocycles. The highest BCUT2D eigenvalue weighted by Crippen LogP contribution is 2.26. The zero-order valence-corrected chi connectivity index (χ0v) is 12.9. The summed E-state index contributed by atoms with van der Waals surface area (Å²) in [6.45, 7) is 1.52. The molecule has 0 aliphatic rings. The summed E-state index contributed by atoms with van der Waals surface area (Å²) in [6.07, 6.45) is 1.01. The maximum Gasteiger partial charge on any atom is 0.318 e. The van der Waals surface area contributed by atoms with Crippen LogP contribution < -0.4 is 21.1 Å². The lowest BCUT2D eigenvalue weighted by molar-refractivity contribution is -0.120. The van der Waals surface area contributed by atoms with Crippen LogP contribution in [0.3, 0.4) is 0 Å². The molecule has 0 bridgehead atoms. The Morgan fingerprint density at radius 3 is 2.43 bits per heavy atom. The molecule has 0 unspecified atom stereocenters. The number of imide groups is 1. The standard InChI is InChI=1S/C11H15ClN4O4S/c1-6(10(17)15-11(13)18)14-7-3-4-9(8(12)5-7)16-21(2,19)20/h3-6,14,16H,1-2H3,(H3,13,15,17,18)/t6-/m0/s1. The van der Waals surface area contributed by atoms with E-state index in [1.165, 1.54) is 25.1 Å². The fourth-order valence-corrected chi connectivity index (χ4v) is 2.29. The fraction of sp³-hybridized carbons (Fsp3) is 0.273. The highest BCUT2D eigenvalue weighted by molar-refractivity contribution is 7.92. The number of urea groups is 1. The average molecular weight is 335 g/mol. The Hall–Kier alpha value is -2.00. The summed E-state index contributed by atoms with van der Waals surface area (Å²) in [4.78, 5) is 22.1. The van der Waals surface area contributed by atoms with Crippen LogP contribution in [0, 0.1) is 0 Å². The number of carbonyl (C=O) groups excluding carboxylic acids is 2. The molecule has 8 nitrogen and oxygen atoms in total. The zero-order valence-electron chi connectivity index (χ0n) is 11.3. The van der Waals surface area contributed by atoms with Gasteiger partial charge in [0.2, 0.25) is 15.9 Å². The molecule has 0 heterocycles. The molecule has 10 heteroatoms. The average Bonchev–Trinajstić information content (AvgIpc) is 2.30. The summed E-state index contributed by atoms with van der Waals surface area (Å²) in [5.41, 5.74) is 5.54. The molecule has 0 spiro atoms. The minimum Gasteiger partial charge on any atom is -0.374 e. The van der Waals surface area contributed by atoms with Crippen molar-refractivity contribution < 1.29 is 18.0 Å². The molecule has 5 N–H and O–H groups in total. The van der Waals surface area contributed by atoms with Crippen molar-refractivity contribution in [3.8, 4) is 0 Å². The van der Waals surface area contributed by atoms with E-state index >= 15 is 0 Å². The van der Waals surface area contributed by atoms with Crippen LogP contribution in [-0.4, -0.2) is 32.7 Å². The largest absolute Gasteiger partial charge is 0.374 e. The van der Waals surface area contributed by atoms with Crippen LogP contribution >= 0.6 is 11.6 Å². The van der Waals surface area contributed by atoms with Gasteiger partial charge in [-0.1, -0.05) is 11.6 Å². The van der Waals surface area contributed by atoms with Crippen molar-refractivity contribution in [3.05, 3.63) is 23.2 Å². The third-order valence-electron chi connectivity index (χ3n) is 2.29. The first-order valence-electron chi connectivity index (χ1n) is 5.72. The van der Waals surface area contributed by atoms with E-state index in [1.54, 1.807) is 0 Å². The number of rotatable bonds is 5. The van der Waals surface area contributed by atoms with Gasteiger partial charge >= 0.3 is 6.03 Å². The van der Waals surface area contributed by atoms with Crippen molar-refractivity contribution in [2.24, 2.45) is 5.73 Å². The second-order valence-corrected chi connectivity index (χ2v) is 6.44. The van der Waals surface area contributed by atoms with Gasteiger partial charge in [0.05, 0.1) is 17.0 Å². The van der Waals surface area contributed by atoms with Gasteiger partial charge < -0.3 is 11.1 Å². The molecular weight excluding hydrogens is 320 g/mol. The number of carbonyl (C=O) groups is 2. The Balaban J connectivity index is 2.80. The number of nitrogens with two attached hydrogens (primary N) is 1. The van der Waals surface area contributed by atoms with Crippen LogP contribution in [0.15, 0.2) is 18.2 Å². The van der Waals surface area contributed by atoms with Crippen molar-refractivity contribution in [2.75, 3.05) is 16.3 Å². The molecular formula is C11H15ClN4O4S. The van der Waals surface area contributed by atoms with E-state index in [-0.39, 0.29) is 10.7 Å². The monoisotopic (exact) mass is 334 g/mol. The number of amides is 3. The SMILES string of the molecule is C[C@H](Nc1ccc(NS(C)(=O)=O)c(Cl)c1)C(=O)NC(N)=O. The van der Waals surface area contributed by atoms with Crippen molar-refractivity contribution in [3.63, 3.8) is 0 Å². The molecule has 116 valence electrons. The molecule has 21 heavy (non-hydrogen) atoms. The number of nitrogens with one attached hydrogen (secondary N) is 3. The number of sulfonamides is 1. The second-order valence-electron chi connectivity index (χ2n) is 4.29. The van der Waals surface area contributed by atoms with Crippen molar-refractivity contribution >= 4 is 44.9 Å². The Labute approximate surface area is 127 Å². The van der Waals surface area contributed by atoms with Gasteiger partial charge in [-0.05, 0) is 25.1 Å². The molecule has 0 aliphatic carbocycles. The lowest BCUT2D eigenvalue weighted by atomic mass is 10.2. The van der Waals surface area contributed by atoms with Crippen molar-refractivity contribution in [1.29, 1.82) is 0 Å². The number of benzene rings is 1. The van der Waals surface area contributed by atoms with Gasteiger partial charge in [0.25, 0.3) is 0 Å². The molecule has 0 saturated heterocycles. The first-order chi connectivity index (χ1) is 9.58. The van der Waals surface area contributed by atoms with E-state index in [9.17, 15) is 18.0 Å². The van der Waals surface area contributed by atoms with Crippen LogP contribution in [0.25, 0.3) is 0 Å². The predicted molar refractivity (Wildman–Crippen MR) is 80.7 cm³/mol. The summed E-state index contributed by atoms with van der Waals surface area (Å²) >= 11 is 5.94. The third-order valence-corrected chi connectivity index (χ3v) is 3.19. The van der Waals surface area contributed by atoms with Gasteiger partial charge in [0.1, 0.15) is 6.04 Å². The van der Waals surface area contributed by atoms with E-state index in [1.807, 2.05) is 5.32 Å². The molecule has 1 aromatic rings. The number of hydrogen-bond donors (Lipinski definition) is 4. The van der Waals surface area contributed by atoms with Crippen molar-refractivity contribution in [2.45, 2.75) is 13.0 Å². The van der Waals surface area contributed by atoms with Crippen LogP contribution in [0.4, 0.5) is 16.2 Å². The topological polar surface area (TPSA) is 130 Å². The van der Waals surface area contributed by atoms with Crippen molar-refractivity contribution in [1.82, 2.24) is 5.32 Å². The number of anilines is 2. The minimum absolute atomic E-state index is 0.160. The Morgan fingerprint density at radius 1 is 1.33 bits per heavy atom. The Kier molecular flexibility index (Phi) is 5.39. The van der Waals surface area contributed by atoms with Gasteiger partial charge in [-0.2, -0.15) is 0 Å². The van der Waals surface area contributed by atoms with Gasteiger partial charge in [-0.15, -0.1) is 0 Å². The molecule has 0 aliphatic heterocycles. The highest BCUT2D eigenvalue weighted by atomic mass is 35.5. The lowest BCUT2D eigenvalue weighted by Gasteiger charge is -2.15. The molecule has 0 radical (unpaired) electrons. The molecule has 3 amide bonds. The van der Waals surface area contributed by atoms with Crippen LogP contribution in [0.2, 0.25) is 5.02 Å². The summed E-state index contributed by atoms with van der Waals surface area (Å²) in [7, 11) is -3.43. The molecule has 1 atom stereocenters. The molecule has 0 fully saturated rings. The van der Waals surface area contributed by atoms with Gasteiger partial charge in [0, 0.05) is 5.69 Å². The molecule has 0 aromatic heterocycles. The summed E-state index contributed by atoms with van der Waals surface area (Å²) in [6, 6.07) is 2.75. The lowest BCUT2D eigenvalue weighted by Crippen LogP contribution is -2.43. The van der Waals surface area contributed by atoms with Crippen LogP contribution in [0.5, 0.6) is 0 Å². The summed E-state index contributed by atoms with van der Waals surface area (Å²) < 4.78 is 24.5. The number of hydrogen-bond acceptors (Lipinski definition) is 5. The third kappa shape index (κ3) is 5.88. The van der Waals surface area contributed by atoms with E-state index < -0.39 is 28.0 Å². The Bertz CT molecular complexity index is 662.